The Bertz CT molecular complexity index is 1030. The minimum Gasteiger partial charge on any atom is -0.394 e. The number of aliphatic hydroxyl groups excluding tert-OH is 2. The number of amides is 7. The summed E-state index contributed by atoms with van der Waals surface area (Å²) in [5.41, 5.74) is 16.0. The molecule has 0 aromatic carbocycles. The average Bonchev–Trinajstić information content (AvgIpc) is 2.89. The third-order valence-electron chi connectivity index (χ3n) is 5.61. The highest BCUT2D eigenvalue weighted by molar-refractivity contribution is 6.02. The molecule has 2 rings (SSSR count). The van der Waals surface area contributed by atoms with Gasteiger partial charge in [0.15, 0.2) is 5.96 Å². The molecule has 19 nitrogen and oxygen atoms in total. The van der Waals surface area contributed by atoms with Crippen LogP contribution in [0.2, 0.25) is 0 Å². The molecule has 0 aliphatic carbocycles. The Hall–Kier alpha value is -4.49. The van der Waals surface area contributed by atoms with Crippen LogP contribution in [0, 0.1) is 0 Å². The van der Waals surface area contributed by atoms with Crippen LogP contribution in [0.1, 0.15) is 12.8 Å². The predicted molar refractivity (Wildman–Crippen MR) is 133 cm³/mol. The van der Waals surface area contributed by atoms with Crippen LogP contribution in [0.5, 0.6) is 0 Å². The first-order valence-electron chi connectivity index (χ1n) is 11.8. The summed E-state index contributed by atoms with van der Waals surface area (Å²) < 4.78 is 0. The van der Waals surface area contributed by atoms with Crippen molar-refractivity contribution < 1.29 is 39.0 Å². The fourth-order valence-corrected chi connectivity index (χ4v) is 3.50. The van der Waals surface area contributed by atoms with E-state index in [-0.39, 0.29) is 31.9 Å². The Kier molecular flexibility index (Phi) is 11.4. The van der Waals surface area contributed by atoms with E-state index in [1.807, 2.05) is 5.32 Å². The van der Waals surface area contributed by atoms with Crippen LogP contribution >= 0.6 is 0 Å². The number of aliphatic hydroxyl groups is 2. The van der Waals surface area contributed by atoms with E-state index in [9.17, 15) is 39.0 Å². The number of urea groups is 1. The molecule has 2 aliphatic heterocycles. The molecule has 7 amide bonds. The topological polar surface area (TPSA) is 318 Å². The lowest BCUT2D eigenvalue weighted by atomic mass is 10.0. The van der Waals surface area contributed by atoms with Gasteiger partial charge in [-0.15, -0.1) is 0 Å². The third-order valence-corrected chi connectivity index (χ3v) is 5.61. The van der Waals surface area contributed by atoms with E-state index in [2.05, 4.69) is 36.9 Å². The minimum absolute atomic E-state index is 0.0230. The van der Waals surface area contributed by atoms with Crippen molar-refractivity contribution >= 4 is 41.5 Å². The third kappa shape index (κ3) is 9.09. The van der Waals surface area contributed by atoms with E-state index in [4.69, 9.17) is 17.2 Å². The van der Waals surface area contributed by atoms with Crippen LogP contribution in [0.15, 0.2) is 16.9 Å². The van der Waals surface area contributed by atoms with Gasteiger partial charge in [0.05, 0.1) is 25.3 Å². The largest absolute Gasteiger partial charge is 0.394 e. The highest BCUT2D eigenvalue weighted by Crippen LogP contribution is 2.07. The summed E-state index contributed by atoms with van der Waals surface area (Å²) in [6, 6.07) is -7.57. The van der Waals surface area contributed by atoms with Crippen molar-refractivity contribution in [3.05, 3.63) is 11.9 Å². The lowest BCUT2D eigenvalue weighted by Gasteiger charge is -2.30. The first-order chi connectivity index (χ1) is 18.5. The van der Waals surface area contributed by atoms with E-state index in [0.29, 0.717) is 0 Å². The maximum absolute atomic E-state index is 13.1. The molecular weight excluding hydrogens is 522 g/mol. The summed E-state index contributed by atoms with van der Waals surface area (Å²) >= 11 is 0. The van der Waals surface area contributed by atoms with Gasteiger partial charge in [0.25, 0.3) is 5.91 Å². The zero-order chi connectivity index (χ0) is 29.1. The molecular formula is C20H33N11O8. The second kappa shape index (κ2) is 14.4. The van der Waals surface area contributed by atoms with Crippen LogP contribution in [0.3, 0.4) is 0 Å². The summed E-state index contributed by atoms with van der Waals surface area (Å²) in [4.78, 5) is 79.2. The quantitative estimate of drug-likeness (QED) is 0.144. The van der Waals surface area contributed by atoms with Crippen LogP contribution in [0.25, 0.3) is 0 Å². The molecule has 5 atom stereocenters. The number of nitrogens with zero attached hydrogens (tertiary/aromatic N) is 1. The van der Waals surface area contributed by atoms with Crippen LogP contribution in [-0.2, 0) is 24.0 Å². The smallest absolute Gasteiger partial charge is 0.316 e. The highest BCUT2D eigenvalue weighted by Gasteiger charge is 2.34. The van der Waals surface area contributed by atoms with Gasteiger partial charge in [-0.1, -0.05) is 0 Å². The second-order valence-electron chi connectivity index (χ2n) is 8.49. The van der Waals surface area contributed by atoms with Gasteiger partial charge in [-0.05, 0) is 12.8 Å². The summed E-state index contributed by atoms with van der Waals surface area (Å²) in [7, 11) is 0. The molecule has 0 spiro atoms. The lowest BCUT2D eigenvalue weighted by molar-refractivity contribution is -0.134. The van der Waals surface area contributed by atoms with E-state index < -0.39 is 84.7 Å². The number of hydrogen-bond acceptors (Lipinski definition) is 12. The van der Waals surface area contributed by atoms with Crippen LogP contribution < -0.4 is 54.4 Å². The Balaban J connectivity index is 2.44. The number of rotatable bonds is 4. The van der Waals surface area contributed by atoms with Gasteiger partial charge < -0.3 is 64.6 Å². The number of hydrogen-bond donors (Lipinski definition) is 12. The lowest BCUT2D eigenvalue weighted by Crippen LogP contribution is -2.62. The molecule has 19 heteroatoms. The molecule has 216 valence electrons. The molecule has 0 saturated carbocycles. The number of primary amides is 1. The number of carbonyl (C=O) groups is 6. The molecule has 0 bridgehead atoms. The van der Waals surface area contributed by atoms with Crippen molar-refractivity contribution in [3.63, 3.8) is 0 Å². The maximum atomic E-state index is 13.1. The Labute approximate surface area is 221 Å². The fourth-order valence-electron chi connectivity index (χ4n) is 3.50. The number of nitrogens with two attached hydrogens (primary N) is 3. The second-order valence-corrected chi connectivity index (χ2v) is 8.49. The SMILES string of the molecule is NC(=O)N/C=C1\NC(=O)[C@H](CO)NC(=O)C(CO)NC(=O)[C@@H](N)CCNC(=O)C([C@H]2CCN=C(N)N2)NC1=O. The van der Waals surface area contributed by atoms with Gasteiger partial charge in [0.1, 0.15) is 23.8 Å². The summed E-state index contributed by atoms with van der Waals surface area (Å²) in [5, 5.41) is 35.4. The van der Waals surface area contributed by atoms with E-state index in [0.717, 1.165) is 6.20 Å². The summed E-state index contributed by atoms with van der Waals surface area (Å²) in [6.45, 7) is -1.72. The first kappa shape index (κ1) is 30.7. The molecule has 2 unspecified atom stereocenters. The highest BCUT2D eigenvalue weighted by atomic mass is 16.3. The minimum atomic E-state index is -1.67. The molecule has 0 aromatic heterocycles. The van der Waals surface area contributed by atoms with Crippen molar-refractivity contribution in [2.75, 3.05) is 26.3 Å². The normalized spacial score (nSPS) is 28.9. The Morgan fingerprint density at radius 3 is 2.21 bits per heavy atom. The fraction of sp³-hybridized carbons (Fsp3) is 0.550. The zero-order valence-electron chi connectivity index (χ0n) is 20.7. The van der Waals surface area contributed by atoms with Crippen molar-refractivity contribution in [2.24, 2.45) is 22.2 Å². The number of guanidine groups is 1. The molecule has 2 aliphatic rings. The Morgan fingerprint density at radius 2 is 1.59 bits per heavy atom. The molecule has 0 radical (unpaired) electrons. The monoisotopic (exact) mass is 555 g/mol. The maximum Gasteiger partial charge on any atom is 0.316 e. The molecule has 39 heavy (non-hydrogen) atoms. The van der Waals surface area contributed by atoms with Crippen LogP contribution in [0.4, 0.5) is 4.79 Å². The van der Waals surface area contributed by atoms with E-state index in [1.165, 1.54) is 0 Å². The summed E-state index contributed by atoms with van der Waals surface area (Å²) in [6.07, 6.45) is 0.925. The van der Waals surface area contributed by atoms with Gasteiger partial charge in [-0.25, -0.2) is 4.79 Å². The Morgan fingerprint density at radius 1 is 0.949 bits per heavy atom. The van der Waals surface area contributed by atoms with Gasteiger partial charge >= 0.3 is 6.03 Å². The van der Waals surface area contributed by atoms with Crippen molar-refractivity contribution in [1.29, 1.82) is 0 Å². The first-order valence-corrected chi connectivity index (χ1v) is 11.8. The van der Waals surface area contributed by atoms with E-state index in [1.54, 1.807) is 0 Å². The van der Waals surface area contributed by atoms with Gasteiger partial charge in [0, 0.05) is 19.3 Å². The number of nitrogens with one attached hydrogen (secondary N) is 7. The van der Waals surface area contributed by atoms with Gasteiger partial charge in [-0.2, -0.15) is 0 Å². The number of aliphatic imine (C=N–C) groups is 1. The molecule has 15 N–H and O–H groups in total. The van der Waals surface area contributed by atoms with Crippen LogP contribution in [-0.4, -0.2) is 108 Å². The molecule has 0 aromatic rings. The molecule has 2 heterocycles. The standard InChI is InChI=1S/C20H33N11O8/c21-8-1-3-24-18(38)13(9-2-4-25-19(22)30-9)31-15(35)10(5-26-20(23)39)27-16(36)12(7-33)29-17(37)11(6-32)28-14(8)34/h5,8-9,11-13,32-33H,1-4,6-7,21H2,(H,24,38)(H,27,36)(H,28,34)(H,29,37)(H,31,35)(H3,22,25,30)(H3,23,26,39)/b10-5-/t8-,9+,11?,12-,13?/m0/s1. The van der Waals surface area contributed by atoms with E-state index >= 15 is 0 Å². The summed E-state index contributed by atoms with van der Waals surface area (Å²) in [5.74, 6) is -4.75. The van der Waals surface area contributed by atoms with Gasteiger partial charge in [-0.3, -0.25) is 29.0 Å². The van der Waals surface area contributed by atoms with Crippen molar-refractivity contribution in [3.8, 4) is 0 Å². The van der Waals surface area contributed by atoms with Crippen molar-refractivity contribution in [2.45, 2.75) is 43.1 Å². The molecule has 1 saturated heterocycles. The zero-order valence-corrected chi connectivity index (χ0v) is 20.7. The molecule has 1 fully saturated rings. The predicted octanol–water partition coefficient (Wildman–Crippen LogP) is -7.42. The average molecular weight is 556 g/mol. The van der Waals surface area contributed by atoms with Crippen molar-refractivity contribution in [1.82, 2.24) is 37.2 Å². The van der Waals surface area contributed by atoms with Gasteiger partial charge in [0.2, 0.25) is 23.6 Å². The number of carbonyl (C=O) groups excluding carboxylic acids is 6.